The molecule has 0 aliphatic carbocycles. The minimum Gasteiger partial charge on any atom is -0.507 e. The van der Waals surface area contributed by atoms with Crippen molar-refractivity contribution >= 4 is 46.3 Å². The second-order valence-electron chi connectivity index (χ2n) is 7.50. The van der Waals surface area contributed by atoms with Crippen LogP contribution in [0.4, 0.5) is 5.69 Å². The molecule has 0 bridgehead atoms. The highest BCUT2D eigenvalue weighted by Gasteiger charge is 2.47. The van der Waals surface area contributed by atoms with Crippen LogP contribution in [0.5, 0.6) is 11.5 Å². The second-order valence-corrected chi connectivity index (χ2v) is 8.34. The predicted molar refractivity (Wildman–Crippen MR) is 132 cm³/mol. The lowest BCUT2D eigenvalue weighted by Crippen LogP contribution is -2.29. The number of ether oxygens (including phenoxy) is 2. The Kier molecular flexibility index (Phi) is 6.82. The van der Waals surface area contributed by atoms with E-state index >= 15 is 0 Å². The molecule has 3 aromatic rings. The SMILES string of the molecule is CCOc1cccc(N2C(=O)C(=O)/C(=C(/O)c3ccc(OC)c(Cl)c3)C2c2ccc(Cl)cc2)c1. The highest BCUT2D eigenvalue weighted by molar-refractivity contribution is 6.51. The van der Waals surface area contributed by atoms with Gasteiger partial charge in [0.05, 0.1) is 30.4 Å². The van der Waals surface area contributed by atoms with E-state index in [4.69, 9.17) is 32.7 Å². The van der Waals surface area contributed by atoms with Crippen molar-refractivity contribution in [1.29, 1.82) is 0 Å². The lowest BCUT2D eigenvalue weighted by molar-refractivity contribution is -0.132. The van der Waals surface area contributed by atoms with Gasteiger partial charge in [0, 0.05) is 22.3 Å². The van der Waals surface area contributed by atoms with Gasteiger partial charge in [0.2, 0.25) is 0 Å². The Morgan fingerprint density at radius 2 is 1.76 bits per heavy atom. The van der Waals surface area contributed by atoms with Gasteiger partial charge in [-0.3, -0.25) is 14.5 Å². The second kappa shape index (κ2) is 9.79. The zero-order valence-corrected chi connectivity index (χ0v) is 19.9. The summed E-state index contributed by atoms with van der Waals surface area (Å²) >= 11 is 12.3. The van der Waals surface area contributed by atoms with Gasteiger partial charge in [-0.2, -0.15) is 0 Å². The molecule has 0 aromatic heterocycles. The zero-order valence-electron chi connectivity index (χ0n) is 18.4. The fourth-order valence-corrected chi connectivity index (χ4v) is 4.30. The molecule has 0 radical (unpaired) electrons. The number of carbonyl (C=O) groups is 2. The molecule has 1 aliphatic heterocycles. The van der Waals surface area contributed by atoms with Crippen LogP contribution in [0.15, 0.2) is 72.3 Å². The smallest absolute Gasteiger partial charge is 0.300 e. The molecule has 4 rings (SSSR count). The van der Waals surface area contributed by atoms with Crippen molar-refractivity contribution in [2.45, 2.75) is 13.0 Å². The van der Waals surface area contributed by atoms with E-state index in [1.165, 1.54) is 18.1 Å². The molecular formula is C26H21Cl2NO5. The van der Waals surface area contributed by atoms with Crippen molar-refractivity contribution in [3.05, 3.63) is 93.5 Å². The number of anilines is 1. The highest BCUT2D eigenvalue weighted by atomic mass is 35.5. The van der Waals surface area contributed by atoms with Gasteiger partial charge >= 0.3 is 0 Å². The van der Waals surface area contributed by atoms with Gasteiger partial charge in [0.1, 0.15) is 17.3 Å². The molecule has 1 saturated heterocycles. The van der Waals surface area contributed by atoms with E-state index in [1.807, 2.05) is 6.92 Å². The quantitative estimate of drug-likeness (QED) is 0.255. The third-order valence-corrected chi connectivity index (χ3v) is 6.01. The van der Waals surface area contributed by atoms with Gasteiger partial charge in [-0.1, -0.05) is 41.4 Å². The third-order valence-electron chi connectivity index (χ3n) is 5.46. The molecule has 6 nitrogen and oxygen atoms in total. The molecule has 1 atom stereocenters. The molecule has 1 unspecified atom stereocenters. The maximum Gasteiger partial charge on any atom is 0.300 e. The van der Waals surface area contributed by atoms with Crippen LogP contribution in [-0.4, -0.2) is 30.5 Å². The molecule has 0 saturated carbocycles. The van der Waals surface area contributed by atoms with Gasteiger partial charge in [-0.05, 0) is 55.0 Å². The summed E-state index contributed by atoms with van der Waals surface area (Å²) in [4.78, 5) is 27.9. The largest absolute Gasteiger partial charge is 0.507 e. The molecule has 1 fully saturated rings. The number of aliphatic hydroxyl groups excluding tert-OH is 1. The number of ketones is 1. The molecule has 34 heavy (non-hydrogen) atoms. The molecule has 1 amide bonds. The van der Waals surface area contributed by atoms with E-state index in [0.717, 1.165) is 0 Å². The van der Waals surface area contributed by atoms with Crippen LogP contribution in [0, 0.1) is 0 Å². The standard InChI is InChI=1S/C26H21Cl2NO5/c1-3-34-19-6-4-5-18(14-19)29-23(15-7-10-17(27)11-8-15)22(25(31)26(29)32)24(30)16-9-12-21(33-2)20(28)13-16/h4-14,23,30H,3H2,1-2H3/b24-22+. The van der Waals surface area contributed by atoms with Crippen LogP contribution in [0.1, 0.15) is 24.1 Å². The fourth-order valence-electron chi connectivity index (χ4n) is 3.92. The zero-order chi connectivity index (χ0) is 24.4. The van der Waals surface area contributed by atoms with Crippen molar-refractivity contribution in [3.63, 3.8) is 0 Å². The maximum absolute atomic E-state index is 13.3. The van der Waals surface area contributed by atoms with Crippen LogP contribution >= 0.6 is 23.2 Å². The first-order valence-electron chi connectivity index (χ1n) is 10.5. The Balaban J connectivity index is 1.92. The molecule has 1 heterocycles. The number of benzene rings is 3. The average molecular weight is 498 g/mol. The Morgan fingerprint density at radius 1 is 1.03 bits per heavy atom. The van der Waals surface area contributed by atoms with E-state index in [-0.39, 0.29) is 21.9 Å². The normalized spacial score (nSPS) is 17.2. The van der Waals surface area contributed by atoms with Crippen molar-refractivity contribution in [2.75, 3.05) is 18.6 Å². The van der Waals surface area contributed by atoms with Crippen molar-refractivity contribution in [1.82, 2.24) is 0 Å². The summed E-state index contributed by atoms with van der Waals surface area (Å²) in [5, 5.41) is 12.0. The highest BCUT2D eigenvalue weighted by Crippen LogP contribution is 2.43. The summed E-state index contributed by atoms with van der Waals surface area (Å²) in [6.45, 7) is 2.30. The lowest BCUT2D eigenvalue weighted by Gasteiger charge is -2.26. The van der Waals surface area contributed by atoms with Crippen LogP contribution in [-0.2, 0) is 9.59 Å². The van der Waals surface area contributed by atoms with Gasteiger partial charge in [0.25, 0.3) is 11.7 Å². The summed E-state index contributed by atoms with van der Waals surface area (Å²) in [6, 6.07) is 17.4. The van der Waals surface area contributed by atoms with Crippen LogP contribution < -0.4 is 14.4 Å². The molecule has 8 heteroatoms. The van der Waals surface area contributed by atoms with E-state index < -0.39 is 17.7 Å². The number of hydrogen-bond acceptors (Lipinski definition) is 5. The first-order valence-corrected chi connectivity index (χ1v) is 11.2. The summed E-state index contributed by atoms with van der Waals surface area (Å²) in [5.41, 5.74) is 1.28. The number of nitrogens with zero attached hydrogens (tertiary/aromatic N) is 1. The average Bonchev–Trinajstić information content (AvgIpc) is 3.10. The summed E-state index contributed by atoms with van der Waals surface area (Å²) in [6.07, 6.45) is 0. The van der Waals surface area contributed by atoms with Gasteiger partial charge in [-0.25, -0.2) is 0 Å². The van der Waals surface area contributed by atoms with Crippen molar-refractivity contribution in [2.24, 2.45) is 0 Å². The van der Waals surface area contributed by atoms with Crippen molar-refractivity contribution in [3.8, 4) is 11.5 Å². The first kappa shape index (κ1) is 23.7. The Labute approximate surface area is 206 Å². The number of amides is 1. The van der Waals surface area contributed by atoms with Crippen LogP contribution in [0.2, 0.25) is 10.0 Å². The third kappa shape index (κ3) is 4.34. The Hall–Kier alpha value is -3.48. The van der Waals surface area contributed by atoms with Gasteiger partial charge in [-0.15, -0.1) is 0 Å². The fraction of sp³-hybridized carbons (Fsp3) is 0.154. The van der Waals surface area contributed by atoms with Crippen LogP contribution in [0.25, 0.3) is 5.76 Å². The maximum atomic E-state index is 13.3. The Bertz CT molecular complexity index is 1290. The number of rotatable bonds is 6. The number of carbonyl (C=O) groups excluding carboxylic acids is 2. The molecule has 0 spiro atoms. The monoisotopic (exact) mass is 497 g/mol. The van der Waals surface area contributed by atoms with E-state index in [1.54, 1.807) is 60.7 Å². The number of hydrogen-bond donors (Lipinski definition) is 1. The number of Topliss-reactive ketones (excluding diaryl/α,β-unsaturated/α-hetero) is 1. The molecule has 1 N–H and O–H groups in total. The van der Waals surface area contributed by atoms with E-state index in [0.29, 0.717) is 34.4 Å². The molecule has 1 aliphatic rings. The molecule has 174 valence electrons. The predicted octanol–water partition coefficient (Wildman–Crippen LogP) is 6.03. The minimum absolute atomic E-state index is 0.0598. The topological polar surface area (TPSA) is 76.1 Å². The molecular weight excluding hydrogens is 477 g/mol. The van der Waals surface area contributed by atoms with Gasteiger partial charge in [0.15, 0.2) is 0 Å². The Morgan fingerprint density at radius 3 is 2.41 bits per heavy atom. The molecule has 3 aromatic carbocycles. The van der Waals surface area contributed by atoms with Crippen LogP contribution in [0.3, 0.4) is 0 Å². The first-order chi connectivity index (χ1) is 16.3. The summed E-state index contributed by atoms with van der Waals surface area (Å²) in [5.74, 6) is -0.952. The number of aliphatic hydroxyl groups is 1. The van der Waals surface area contributed by atoms with Crippen molar-refractivity contribution < 1.29 is 24.2 Å². The van der Waals surface area contributed by atoms with E-state index in [9.17, 15) is 14.7 Å². The summed E-state index contributed by atoms with van der Waals surface area (Å²) < 4.78 is 10.7. The summed E-state index contributed by atoms with van der Waals surface area (Å²) in [7, 11) is 1.48. The number of methoxy groups -OCH3 is 1. The minimum atomic E-state index is -0.893. The van der Waals surface area contributed by atoms with E-state index in [2.05, 4.69) is 0 Å². The lowest BCUT2D eigenvalue weighted by atomic mass is 9.95. The number of halogens is 2. The van der Waals surface area contributed by atoms with Gasteiger partial charge < -0.3 is 14.6 Å².